The van der Waals surface area contributed by atoms with Crippen molar-refractivity contribution in [3.05, 3.63) is 0 Å². The van der Waals surface area contributed by atoms with Crippen LogP contribution >= 0.6 is 0 Å². The monoisotopic (exact) mass is 733 g/mol. The van der Waals surface area contributed by atoms with Crippen LogP contribution in [0.5, 0.6) is 0 Å². The summed E-state index contributed by atoms with van der Waals surface area (Å²) in [5.74, 6) is 12.3. The highest BCUT2D eigenvalue weighted by Gasteiger charge is 2.73. The van der Waals surface area contributed by atoms with Gasteiger partial charge in [0.2, 0.25) is 0 Å². The summed E-state index contributed by atoms with van der Waals surface area (Å²) in [5, 5.41) is 20.2. The van der Waals surface area contributed by atoms with E-state index in [-0.39, 0.29) is 22.2 Å². The third-order valence-corrected chi connectivity index (χ3v) is 22.3. The average molecular weight is 733 g/mol. The molecule has 20 aliphatic carbocycles. The van der Waals surface area contributed by atoms with E-state index >= 15 is 0 Å². The molecule has 0 aliphatic heterocycles. The molecule has 20 saturated carbocycles. The van der Waals surface area contributed by atoms with Gasteiger partial charge >= 0.3 is 0 Å². The summed E-state index contributed by atoms with van der Waals surface area (Å²) >= 11 is 0. The van der Waals surface area contributed by atoms with Crippen LogP contribution in [0.25, 0.3) is 0 Å². The minimum absolute atomic E-state index is 0.278. The van der Waals surface area contributed by atoms with Crippen LogP contribution in [-0.4, -0.2) is 44.3 Å². The lowest BCUT2D eigenvalue weighted by Gasteiger charge is -2.76. The second kappa shape index (κ2) is 10.2. The van der Waals surface area contributed by atoms with Gasteiger partial charge in [0.25, 0.3) is 0 Å². The molecule has 20 aliphatic rings. The molecule has 0 aromatic rings. The predicted molar refractivity (Wildman–Crippen MR) is 215 cm³/mol. The van der Waals surface area contributed by atoms with Crippen molar-refractivity contribution >= 4 is 0 Å². The summed E-state index contributed by atoms with van der Waals surface area (Å²) in [7, 11) is 0. The lowest BCUT2D eigenvalue weighted by molar-refractivity contribution is -0.169. The van der Waals surface area contributed by atoms with Gasteiger partial charge in [-0.25, -0.2) is 0 Å². The zero-order valence-corrected chi connectivity index (χ0v) is 34.1. The van der Waals surface area contributed by atoms with E-state index in [4.69, 9.17) is 21.3 Å². The van der Waals surface area contributed by atoms with Crippen LogP contribution in [0, 0.1) is 71.0 Å². The van der Waals surface area contributed by atoms with Gasteiger partial charge in [-0.1, -0.05) is 0 Å². The number of rotatable bonds is 8. The summed E-state index contributed by atoms with van der Waals surface area (Å²) < 4.78 is 0. The van der Waals surface area contributed by atoms with E-state index in [0.717, 1.165) is 71.0 Å². The highest BCUT2D eigenvalue weighted by Crippen LogP contribution is 2.68. The quantitative estimate of drug-likeness (QED) is 0.201. The fourth-order valence-corrected chi connectivity index (χ4v) is 24.5. The molecule has 0 amide bonds. The maximum atomic E-state index is 5.05. The lowest BCUT2D eigenvalue weighted by atomic mass is 9.41. The third kappa shape index (κ3) is 4.76. The Bertz CT molecular complexity index is 1210. The summed E-state index contributed by atoms with van der Waals surface area (Å²) in [6.45, 7) is 0. The largest absolute Gasteiger partial charge is 0.306 e. The van der Waals surface area contributed by atoms with Crippen LogP contribution < -0.4 is 21.3 Å². The molecule has 4 N–H and O–H groups in total. The first-order chi connectivity index (χ1) is 26.0. The van der Waals surface area contributed by atoms with Crippen molar-refractivity contribution in [3.8, 4) is 0 Å². The van der Waals surface area contributed by atoms with Crippen molar-refractivity contribution in [1.82, 2.24) is 21.3 Å². The highest BCUT2D eigenvalue weighted by atomic mass is 15.2. The van der Waals surface area contributed by atoms with E-state index in [9.17, 15) is 0 Å². The normalized spacial score (nSPS) is 66.7. The van der Waals surface area contributed by atoms with E-state index in [1.807, 2.05) is 0 Å². The maximum Gasteiger partial charge on any atom is 0.0239 e. The summed E-state index contributed by atoms with van der Waals surface area (Å²) in [6, 6.07) is 0. The van der Waals surface area contributed by atoms with E-state index in [0.29, 0.717) is 22.2 Å². The molecule has 0 radical (unpaired) electrons. The first kappa shape index (κ1) is 32.7. The van der Waals surface area contributed by atoms with Gasteiger partial charge in [-0.15, -0.1) is 0 Å². The van der Waals surface area contributed by atoms with Crippen molar-refractivity contribution in [3.63, 3.8) is 0 Å². The first-order valence-electron chi connectivity index (χ1n) is 25.2. The number of hydrogen-bond donors (Lipinski definition) is 4. The topological polar surface area (TPSA) is 48.1 Å². The third-order valence-electron chi connectivity index (χ3n) is 22.3. The SMILES string of the molecule is C1C2CC3CC1CC(NC14CC5(NC67CC8CC(CC(C8)C6)C7)CC(NC67CC8CC(CC(C8)C6)C7)(C1)CC(NC16CC7CC(CC(C7)C1)C6)(C4)C5)(C2)C3. The Hall–Kier alpha value is -0.160. The van der Waals surface area contributed by atoms with Gasteiger partial charge in [0.1, 0.15) is 0 Å². The number of nitrogens with one attached hydrogen (secondary N) is 4. The molecule has 0 saturated heterocycles. The maximum absolute atomic E-state index is 5.05. The van der Waals surface area contributed by atoms with Crippen molar-refractivity contribution < 1.29 is 0 Å². The first-order valence-corrected chi connectivity index (χ1v) is 25.2. The summed E-state index contributed by atoms with van der Waals surface area (Å²) in [4.78, 5) is 0. The van der Waals surface area contributed by atoms with Gasteiger partial charge in [0.05, 0.1) is 0 Å². The Morgan fingerprint density at radius 2 is 0.315 bits per heavy atom. The second-order valence-corrected chi connectivity index (χ2v) is 27.5. The van der Waals surface area contributed by atoms with Gasteiger partial charge in [-0.05, 0) is 264 Å². The molecule has 296 valence electrons. The smallest absolute Gasteiger partial charge is 0.0239 e. The Balaban J connectivity index is 0.865. The molecule has 20 bridgehead atoms. The van der Waals surface area contributed by atoms with Gasteiger partial charge in [-0.3, -0.25) is 0 Å². The molecule has 0 spiro atoms. The van der Waals surface area contributed by atoms with Crippen LogP contribution in [0.4, 0.5) is 0 Å². The van der Waals surface area contributed by atoms with E-state index in [2.05, 4.69) is 0 Å². The molecule has 20 fully saturated rings. The Labute approximate surface area is 328 Å². The van der Waals surface area contributed by atoms with Crippen LogP contribution in [-0.2, 0) is 0 Å². The highest BCUT2D eigenvalue weighted by molar-refractivity contribution is 5.34. The second-order valence-electron chi connectivity index (χ2n) is 27.5. The molecular formula is C50H76N4. The lowest BCUT2D eigenvalue weighted by Crippen LogP contribution is -2.87. The molecular weight excluding hydrogens is 657 g/mol. The van der Waals surface area contributed by atoms with Crippen molar-refractivity contribution in [1.29, 1.82) is 0 Å². The molecule has 54 heavy (non-hydrogen) atoms. The van der Waals surface area contributed by atoms with Crippen LogP contribution in [0.1, 0.15) is 193 Å². The number of hydrogen-bond acceptors (Lipinski definition) is 4. The zero-order valence-electron chi connectivity index (χ0n) is 34.1. The van der Waals surface area contributed by atoms with Crippen molar-refractivity contribution in [2.24, 2.45) is 71.0 Å². The van der Waals surface area contributed by atoms with Crippen molar-refractivity contribution in [2.75, 3.05) is 0 Å². The molecule has 4 nitrogen and oxygen atoms in total. The predicted octanol–water partition coefficient (Wildman–Crippen LogP) is 9.56. The molecule has 4 heteroatoms. The minimum atomic E-state index is 0.278. The summed E-state index contributed by atoms with van der Waals surface area (Å²) in [6.07, 6.45) is 45.7. The molecule has 0 aromatic carbocycles. The van der Waals surface area contributed by atoms with Crippen LogP contribution in [0.3, 0.4) is 0 Å². The zero-order chi connectivity index (χ0) is 35.0. The molecule has 20 rings (SSSR count). The average Bonchev–Trinajstić information content (AvgIpc) is 2.99. The molecule has 0 aromatic heterocycles. The van der Waals surface area contributed by atoms with Crippen LogP contribution in [0.15, 0.2) is 0 Å². The Morgan fingerprint density at radius 3 is 0.444 bits per heavy atom. The summed E-state index contributed by atoms with van der Waals surface area (Å²) in [5.41, 5.74) is 2.86. The van der Waals surface area contributed by atoms with Gasteiger partial charge in [-0.2, -0.15) is 0 Å². The van der Waals surface area contributed by atoms with Gasteiger partial charge in [0, 0.05) is 44.3 Å². The van der Waals surface area contributed by atoms with Crippen molar-refractivity contribution in [2.45, 2.75) is 237 Å². The van der Waals surface area contributed by atoms with E-state index in [1.54, 1.807) is 77.0 Å². The minimum Gasteiger partial charge on any atom is -0.306 e. The Morgan fingerprint density at radius 1 is 0.185 bits per heavy atom. The fourth-order valence-electron chi connectivity index (χ4n) is 24.5. The van der Waals surface area contributed by atoms with E-state index < -0.39 is 0 Å². The fraction of sp³-hybridized carbons (Fsp3) is 1.00. The standard InChI is InChI=1S/C50H76N4/c1-31-2-33-3-32(1)14-43(13-31,15-33)51-47-25-48(52-44-16-34-4-35(17-44)6-36(5-34)18-44)28-49(26-47,53-45-19-37-7-38(20-45)9-39(8-37)21-45)30-50(27-47,29-48)54-46-22-40-10-41(23-46)12-42(11-40)24-46/h31-42,51-54H,1-30H2. The van der Waals surface area contributed by atoms with Gasteiger partial charge in [0.15, 0.2) is 0 Å². The molecule has 0 atom stereocenters. The van der Waals surface area contributed by atoms with Crippen LogP contribution in [0.2, 0.25) is 0 Å². The van der Waals surface area contributed by atoms with Gasteiger partial charge < -0.3 is 21.3 Å². The molecule has 0 heterocycles. The molecule has 0 unspecified atom stereocenters. The Kier molecular flexibility index (Phi) is 6.19. The van der Waals surface area contributed by atoms with E-state index in [1.165, 1.54) is 116 Å².